The Hall–Kier alpha value is -2.96. The molecule has 0 aliphatic rings. The largest absolute Gasteiger partial charge is 0.434 e. The molecular weight excluding hydrogens is 342 g/mol. The highest BCUT2D eigenvalue weighted by atomic mass is 19.3. The maximum atomic E-state index is 12.4. The van der Waals surface area contributed by atoms with Gasteiger partial charge in [-0.05, 0) is 57.2 Å². The van der Waals surface area contributed by atoms with Crippen LogP contribution in [0.2, 0.25) is 0 Å². The van der Waals surface area contributed by atoms with E-state index in [-0.39, 0.29) is 22.8 Å². The Kier molecular flexibility index (Phi) is 5.92. The van der Waals surface area contributed by atoms with Crippen LogP contribution < -0.4 is 15.4 Å². The highest BCUT2D eigenvalue weighted by molar-refractivity contribution is 6.06. The first-order valence-corrected chi connectivity index (χ1v) is 7.93. The number of benzene rings is 2. The molecule has 2 aromatic rings. The third-order valence-corrected chi connectivity index (χ3v) is 3.24. The minimum atomic E-state index is -3.02. The summed E-state index contributed by atoms with van der Waals surface area (Å²) in [7, 11) is 0. The van der Waals surface area contributed by atoms with Gasteiger partial charge >= 0.3 is 6.61 Å². The van der Waals surface area contributed by atoms with E-state index in [1.54, 1.807) is 30.3 Å². The van der Waals surface area contributed by atoms with E-state index in [0.29, 0.717) is 11.3 Å². The zero-order valence-corrected chi connectivity index (χ0v) is 14.7. The van der Waals surface area contributed by atoms with E-state index >= 15 is 0 Å². The maximum absolute atomic E-state index is 12.4. The number of carbonyl (C=O) groups is 2. The van der Waals surface area contributed by atoms with Gasteiger partial charge in [0.1, 0.15) is 5.75 Å². The number of anilines is 1. The first-order chi connectivity index (χ1) is 12.2. The van der Waals surface area contributed by atoms with E-state index < -0.39 is 12.5 Å². The van der Waals surface area contributed by atoms with Gasteiger partial charge < -0.3 is 15.4 Å². The van der Waals surface area contributed by atoms with Crippen LogP contribution in [0.15, 0.2) is 48.5 Å². The number of hydrogen-bond acceptors (Lipinski definition) is 3. The summed E-state index contributed by atoms with van der Waals surface area (Å²) in [5, 5.41) is 5.42. The number of hydrogen-bond donors (Lipinski definition) is 2. The standard InChI is InChI=1S/C19H20F2N2O3/c1-19(2,3)23-16(24)12-8-10-13(11-9-12)22-17(25)14-6-4-5-7-15(14)26-18(20)21/h4-11,18H,1-3H3,(H,22,25)(H,23,24). The molecule has 0 spiro atoms. The van der Waals surface area contributed by atoms with Crippen molar-refractivity contribution < 1.29 is 23.1 Å². The Bertz CT molecular complexity index is 784. The van der Waals surface area contributed by atoms with Crippen molar-refractivity contribution in [2.24, 2.45) is 0 Å². The molecule has 0 saturated heterocycles. The van der Waals surface area contributed by atoms with Crippen molar-refractivity contribution in [1.29, 1.82) is 0 Å². The molecule has 0 fully saturated rings. The van der Waals surface area contributed by atoms with Crippen molar-refractivity contribution in [2.45, 2.75) is 32.9 Å². The number of halogens is 2. The fraction of sp³-hybridized carbons (Fsp3) is 0.263. The molecule has 0 aromatic heterocycles. The first-order valence-electron chi connectivity index (χ1n) is 7.93. The van der Waals surface area contributed by atoms with Crippen LogP contribution in [-0.2, 0) is 0 Å². The molecule has 2 rings (SSSR count). The molecule has 0 aliphatic heterocycles. The van der Waals surface area contributed by atoms with Crippen molar-refractivity contribution in [1.82, 2.24) is 5.32 Å². The lowest BCUT2D eigenvalue weighted by atomic mass is 10.1. The van der Waals surface area contributed by atoms with Crippen LogP contribution in [0.4, 0.5) is 14.5 Å². The Morgan fingerprint density at radius 2 is 1.58 bits per heavy atom. The molecule has 0 unspecified atom stereocenters. The van der Waals surface area contributed by atoms with Crippen LogP contribution in [0.5, 0.6) is 5.75 Å². The van der Waals surface area contributed by atoms with E-state index in [4.69, 9.17) is 0 Å². The minimum absolute atomic E-state index is 0.0117. The molecule has 0 heterocycles. The molecule has 0 atom stereocenters. The summed E-state index contributed by atoms with van der Waals surface area (Å²) in [6.45, 7) is 2.60. The minimum Gasteiger partial charge on any atom is -0.434 e. The van der Waals surface area contributed by atoms with Gasteiger partial charge in [0.15, 0.2) is 0 Å². The monoisotopic (exact) mass is 362 g/mol. The van der Waals surface area contributed by atoms with Gasteiger partial charge in [-0.1, -0.05) is 12.1 Å². The van der Waals surface area contributed by atoms with Gasteiger partial charge in [0, 0.05) is 16.8 Å². The Labute approximate surface area is 150 Å². The zero-order chi connectivity index (χ0) is 19.3. The van der Waals surface area contributed by atoms with E-state index in [2.05, 4.69) is 15.4 Å². The molecule has 2 N–H and O–H groups in total. The van der Waals surface area contributed by atoms with Gasteiger partial charge in [0.2, 0.25) is 0 Å². The molecule has 2 amide bonds. The maximum Gasteiger partial charge on any atom is 0.387 e. The van der Waals surface area contributed by atoms with Gasteiger partial charge in [-0.2, -0.15) is 8.78 Å². The van der Waals surface area contributed by atoms with E-state index in [9.17, 15) is 18.4 Å². The highest BCUT2D eigenvalue weighted by Gasteiger charge is 2.17. The lowest BCUT2D eigenvalue weighted by Gasteiger charge is -2.20. The number of alkyl halides is 2. The fourth-order valence-corrected chi connectivity index (χ4v) is 2.17. The Balaban J connectivity index is 2.10. The molecule has 2 aromatic carbocycles. The molecule has 26 heavy (non-hydrogen) atoms. The molecule has 7 heteroatoms. The second kappa shape index (κ2) is 7.95. The predicted octanol–water partition coefficient (Wildman–Crippen LogP) is 4.07. The lowest BCUT2D eigenvalue weighted by molar-refractivity contribution is -0.0501. The molecule has 5 nitrogen and oxygen atoms in total. The SMILES string of the molecule is CC(C)(C)NC(=O)c1ccc(NC(=O)c2ccccc2OC(F)F)cc1. The molecule has 0 aliphatic carbocycles. The summed E-state index contributed by atoms with van der Waals surface area (Å²) in [5.41, 5.74) is 0.495. The topological polar surface area (TPSA) is 67.4 Å². The van der Waals surface area contributed by atoms with Gasteiger partial charge in [0.05, 0.1) is 5.56 Å². The summed E-state index contributed by atoms with van der Waals surface area (Å²) < 4.78 is 29.2. The van der Waals surface area contributed by atoms with Crippen LogP contribution in [0.25, 0.3) is 0 Å². The molecule has 0 saturated carbocycles. The van der Waals surface area contributed by atoms with Crippen LogP contribution in [0.3, 0.4) is 0 Å². The van der Waals surface area contributed by atoms with Gasteiger partial charge in [-0.25, -0.2) is 0 Å². The number of nitrogens with one attached hydrogen (secondary N) is 2. The third-order valence-electron chi connectivity index (χ3n) is 3.24. The summed E-state index contributed by atoms with van der Waals surface area (Å²) in [4.78, 5) is 24.4. The molecular formula is C19H20F2N2O3. The van der Waals surface area contributed by atoms with Crippen molar-refractivity contribution >= 4 is 17.5 Å². The second-order valence-electron chi connectivity index (χ2n) is 6.61. The van der Waals surface area contributed by atoms with Gasteiger partial charge in [-0.3, -0.25) is 9.59 Å². The van der Waals surface area contributed by atoms with Crippen LogP contribution in [-0.4, -0.2) is 24.0 Å². The van der Waals surface area contributed by atoms with E-state index in [1.165, 1.54) is 18.2 Å². The normalized spacial score (nSPS) is 11.2. The van der Waals surface area contributed by atoms with Crippen LogP contribution >= 0.6 is 0 Å². The average Bonchev–Trinajstić information content (AvgIpc) is 2.53. The lowest BCUT2D eigenvalue weighted by Crippen LogP contribution is -2.40. The van der Waals surface area contributed by atoms with Crippen LogP contribution in [0.1, 0.15) is 41.5 Å². The van der Waals surface area contributed by atoms with E-state index in [0.717, 1.165) is 0 Å². The first kappa shape index (κ1) is 19.4. The number of carbonyl (C=O) groups excluding carboxylic acids is 2. The number of amides is 2. The zero-order valence-electron chi connectivity index (χ0n) is 14.7. The summed E-state index contributed by atoms with van der Waals surface area (Å²) >= 11 is 0. The fourth-order valence-electron chi connectivity index (χ4n) is 2.17. The van der Waals surface area contributed by atoms with Crippen molar-refractivity contribution in [2.75, 3.05) is 5.32 Å². The van der Waals surface area contributed by atoms with Crippen LogP contribution in [0, 0.1) is 0 Å². The number of para-hydroxylation sites is 1. The molecule has 0 bridgehead atoms. The second-order valence-corrected chi connectivity index (χ2v) is 6.61. The van der Waals surface area contributed by atoms with Crippen molar-refractivity contribution in [3.8, 4) is 5.75 Å². The quantitative estimate of drug-likeness (QED) is 0.843. The van der Waals surface area contributed by atoms with Crippen molar-refractivity contribution in [3.05, 3.63) is 59.7 Å². The summed E-state index contributed by atoms with van der Waals surface area (Å²) in [6, 6.07) is 12.0. The average molecular weight is 362 g/mol. The number of ether oxygens (including phenoxy) is 1. The smallest absolute Gasteiger partial charge is 0.387 e. The Morgan fingerprint density at radius 1 is 0.962 bits per heavy atom. The Morgan fingerprint density at radius 3 is 2.15 bits per heavy atom. The third kappa shape index (κ3) is 5.54. The van der Waals surface area contributed by atoms with Gasteiger partial charge in [0.25, 0.3) is 11.8 Å². The summed E-state index contributed by atoms with van der Waals surface area (Å²) in [5.74, 6) is -1.03. The van der Waals surface area contributed by atoms with Crippen molar-refractivity contribution in [3.63, 3.8) is 0 Å². The van der Waals surface area contributed by atoms with Gasteiger partial charge in [-0.15, -0.1) is 0 Å². The number of rotatable bonds is 5. The summed E-state index contributed by atoms with van der Waals surface area (Å²) in [6.07, 6.45) is 0. The molecule has 138 valence electrons. The molecule has 0 radical (unpaired) electrons. The van der Waals surface area contributed by atoms with E-state index in [1.807, 2.05) is 20.8 Å². The highest BCUT2D eigenvalue weighted by Crippen LogP contribution is 2.22. The predicted molar refractivity (Wildman–Crippen MR) is 94.7 cm³/mol.